The summed E-state index contributed by atoms with van der Waals surface area (Å²) in [5, 5.41) is 18.6. The minimum Gasteiger partial charge on any atom is -0.394 e. The van der Waals surface area contributed by atoms with E-state index in [0.717, 1.165) is 0 Å². The van der Waals surface area contributed by atoms with E-state index in [4.69, 9.17) is 9.84 Å². The maximum Gasteiger partial charge on any atom is 0.278 e. The number of carbonyl (C=O) groups excluding carboxylic acids is 1. The second-order valence-electron chi connectivity index (χ2n) is 4.11. The lowest BCUT2D eigenvalue weighted by Gasteiger charge is -2.11. The molecule has 1 fully saturated rings. The van der Waals surface area contributed by atoms with Crippen molar-refractivity contribution in [3.8, 4) is 0 Å². The highest BCUT2D eigenvalue weighted by Crippen LogP contribution is 2.26. The molecule has 0 unspecified atom stereocenters. The lowest BCUT2D eigenvalue weighted by atomic mass is 10.2. The highest BCUT2D eigenvalue weighted by Gasteiger charge is 2.43. The monoisotopic (exact) mass is 266 g/mol. The van der Waals surface area contributed by atoms with Gasteiger partial charge in [0.05, 0.1) is 19.3 Å². The van der Waals surface area contributed by atoms with E-state index in [-0.39, 0.29) is 11.2 Å². The third-order valence-electron chi connectivity index (χ3n) is 2.99. The third-order valence-corrected chi connectivity index (χ3v) is 2.99. The molecule has 3 N–H and O–H groups in total. The van der Waals surface area contributed by atoms with Crippen LogP contribution in [0.4, 0.5) is 0 Å². The number of hydrogen-bond acceptors (Lipinski definition) is 7. The average Bonchev–Trinajstić information content (AvgIpc) is 2.94. The molecule has 3 atom stereocenters. The van der Waals surface area contributed by atoms with E-state index < -0.39 is 36.4 Å². The van der Waals surface area contributed by atoms with Crippen molar-refractivity contribution in [2.45, 2.75) is 18.4 Å². The van der Waals surface area contributed by atoms with Gasteiger partial charge in [-0.05, 0) is 0 Å². The number of ketones is 1. The van der Waals surface area contributed by atoms with Gasteiger partial charge < -0.3 is 19.9 Å². The number of imidazole rings is 1. The average molecular weight is 266 g/mol. The first-order valence-corrected chi connectivity index (χ1v) is 5.52. The highest BCUT2D eigenvalue weighted by molar-refractivity contribution is 5.89. The van der Waals surface area contributed by atoms with Gasteiger partial charge in [0, 0.05) is 0 Å². The van der Waals surface area contributed by atoms with Gasteiger partial charge in [-0.3, -0.25) is 14.2 Å². The molecule has 0 amide bonds. The Bertz CT molecular complexity index is 693. The largest absolute Gasteiger partial charge is 0.394 e. The molecule has 3 heterocycles. The number of fused-ring (bicyclic) bond motifs is 1. The van der Waals surface area contributed by atoms with Crippen molar-refractivity contribution in [1.29, 1.82) is 0 Å². The first kappa shape index (κ1) is 12.0. The van der Waals surface area contributed by atoms with Gasteiger partial charge in [-0.2, -0.15) is 0 Å². The van der Waals surface area contributed by atoms with Gasteiger partial charge in [0.2, 0.25) is 5.78 Å². The maximum absolute atomic E-state index is 11.9. The van der Waals surface area contributed by atoms with Crippen molar-refractivity contribution >= 4 is 16.9 Å². The molecule has 100 valence electrons. The predicted octanol–water partition coefficient (Wildman–Crippen LogP) is -2.06. The predicted molar refractivity (Wildman–Crippen MR) is 60.2 cm³/mol. The summed E-state index contributed by atoms with van der Waals surface area (Å²) in [6, 6.07) is 0. The van der Waals surface area contributed by atoms with Crippen LogP contribution in [-0.4, -0.2) is 54.3 Å². The second-order valence-corrected chi connectivity index (χ2v) is 4.11. The fourth-order valence-corrected chi connectivity index (χ4v) is 2.02. The Morgan fingerprint density at radius 1 is 1.42 bits per heavy atom. The Kier molecular flexibility index (Phi) is 2.66. The molecule has 2 aromatic heterocycles. The summed E-state index contributed by atoms with van der Waals surface area (Å²) in [4.78, 5) is 33.5. The fourth-order valence-electron chi connectivity index (χ4n) is 2.02. The van der Waals surface area contributed by atoms with Crippen LogP contribution >= 0.6 is 0 Å². The number of aliphatic hydroxyl groups is 2. The Balaban J connectivity index is 2.09. The van der Waals surface area contributed by atoms with E-state index in [1.54, 1.807) is 0 Å². The number of hydrogen-bond donors (Lipinski definition) is 3. The third kappa shape index (κ3) is 1.67. The molecule has 9 heteroatoms. The number of aliphatic hydroxyl groups excluding tert-OH is 2. The van der Waals surface area contributed by atoms with E-state index in [9.17, 15) is 14.7 Å². The van der Waals surface area contributed by atoms with E-state index in [1.165, 1.54) is 17.2 Å². The normalized spacial score (nSPS) is 27.3. The number of aromatic amines is 1. The fraction of sp³-hybridized carbons (Fsp3) is 0.400. The SMILES string of the molecule is O=C1[C@H](n2cnc3c(=O)[nH]cnc32)O[C@H](CO)[C@H]1O. The van der Waals surface area contributed by atoms with Crippen LogP contribution in [0.15, 0.2) is 17.4 Å². The number of H-pyrrole nitrogens is 1. The van der Waals surface area contributed by atoms with Gasteiger partial charge in [-0.25, -0.2) is 9.97 Å². The summed E-state index contributed by atoms with van der Waals surface area (Å²) >= 11 is 0. The van der Waals surface area contributed by atoms with Crippen molar-refractivity contribution < 1.29 is 19.7 Å². The zero-order valence-corrected chi connectivity index (χ0v) is 9.55. The topological polar surface area (TPSA) is 130 Å². The van der Waals surface area contributed by atoms with E-state index in [2.05, 4.69) is 15.0 Å². The Labute approximate surface area is 105 Å². The lowest BCUT2D eigenvalue weighted by Crippen LogP contribution is -2.29. The maximum atomic E-state index is 11.9. The Morgan fingerprint density at radius 3 is 2.89 bits per heavy atom. The molecular formula is C10H10N4O5. The van der Waals surface area contributed by atoms with E-state index >= 15 is 0 Å². The molecule has 1 saturated heterocycles. The minimum absolute atomic E-state index is 0.0702. The molecule has 3 rings (SSSR count). The van der Waals surface area contributed by atoms with Gasteiger partial charge >= 0.3 is 0 Å². The second kappa shape index (κ2) is 4.23. The number of ether oxygens (including phenoxy) is 1. The number of aromatic nitrogens is 4. The van der Waals surface area contributed by atoms with Crippen LogP contribution in [0.2, 0.25) is 0 Å². The number of nitrogens with zero attached hydrogens (tertiary/aromatic N) is 3. The van der Waals surface area contributed by atoms with Crippen molar-refractivity contribution in [3.63, 3.8) is 0 Å². The number of rotatable bonds is 2. The van der Waals surface area contributed by atoms with Gasteiger partial charge in [-0.15, -0.1) is 0 Å². The van der Waals surface area contributed by atoms with Crippen LogP contribution in [-0.2, 0) is 9.53 Å². The van der Waals surface area contributed by atoms with Gasteiger partial charge in [0.15, 0.2) is 17.4 Å². The lowest BCUT2D eigenvalue weighted by molar-refractivity contribution is -0.130. The molecule has 9 nitrogen and oxygen atoms in total. The van der Waals surface area contributed by atoms with Gasteiger partial charge in [0.1, 0.15) is 12.2 Å². The minimum atomic E-state index is -1.41. The summed E-state index contributed by atoms with van der Waals surface area (Å²) in [6.45, 7) is -0.482. The summed E-state index contributed by atoms with van der Waals surface area (Å²) in [5.41, 5.74) is -0.192. The van der Waals surface area contributed by atoms with Crippen LogP contribution in [0, 0.1) is 0 Å². The van der Waals surface area contributed by atoms with Crippen molar-refractivity contribution in [1.82, 2.24) is 19.5 Å². The molecule has 0 spiro atoms. The first-order valence-electron chi connectivity index (χ1n) is 5.52. The van der Waals surface area contributed by atoms with E-state index in [1.807, 2.05) is 0 Å². The number of carbonyl (C=O) groups is 1. The quantitative estimate of drug-likeness (QED) is 0.569. The van der Waals surface area contributed by atoms with Crippen LogP contribution in [0.5, 0.6) is 0 Å². The van der Waals surface area contributed by atoms with Crippen LogP contribution in [0.3, 0.4) is 0 Å². The molecule has 0 bridgehead atoms. The number of Topliss-reactive ketones (excluding diaryl/α,β-unsaturated/α-hetero) is 1. The van der Waals surface area contributed by atoms with Gasteiger partial charge in [0.25, 0.3) is 5.56 Å². The molecule has 19 heavy (non-hydrogen) atoms. The molecule has 0 saturated carbocycles. The molecule has 1 aliphatic heterocycles. The summed E-state index contributed by atoms with van der Waals surface area (Å²) < 4.78 is 6.50. The van der Waals surface area contributed by atoms with Crippen LogP contribution in [0.1, 0.15) is 6.23 Å². The summed E-state index contributed by atoms with van der Waals surface area (Å²) in [7, 11) is 0. The molecule has 1 aliphatic rings. The van der Waals surface area contributed by atoms with Crippen molar-refractivity contribution in [2.75, 3.05) is 6.61 Å². The summed E-state index contributed by atoms with van der Waals surface area (Å²) in [5.74, 6) is -0.611. The molecule has 0 aliphatic carbocycles. The van der Waals surface area contributed by atoms with Crippen LogP contribution in [0.25, 0.3) is 11.2 Å². The highest BCUT2D eigenvalue weighted by atomic mass is 16.5. The smallest absolute Gasteiger partial charge is 0.278 e. The molecule has 0 radical (unpaired) electrons. The van der Waals surface area contributed by atoms with Gasteiger partial charge in [-0.1, -0.05) is 0 Å². The zero-order valence-electron chi connectivity index (χ0n) is 9.55. The molecule has 2 aromatic rings. The molecule has 0 aromatic carbocycles. The van der Waals surface area contributed by atoms with Crippen LogP contribution < -0.4 is 5.56 Å². The Hall–Kier alpha value is -2.10. The zero-order chi connectivity index (χ0) is 13.6. The standard InChI is InChI=1S/C10H10N4O5/c15-1-4-6(16)7(17)10(19-4)14-3-13-5-8(14)11-2-12-9(5)18/h2-4,6,10,15-16H,1H2,(H,11,12,18)/t4-,6-,10-/m1/s1. The van der Waals surface area contributed by atoms with Crippen molar-refractivity contribution in [2.24, 2.45) is 0 Å². The molecular weight excluding hydrogens is 256 g/mol. The Morgan fingerprint density at radius 2 is 2.21 bits per heavy atom. The first-order chi connectivity index (χ1) is 9.13. The summed E-state index contributed by atoms with van der Waals surface area (Å²) in [6.07, 6.45) is -1.12. The number of nitrogens with one attached hydrogen (secondary N) is 1. The van der Waals surface area contributed by atoms with Crippen molar-refractivity contribution in [3.05, 3.63) is 23.0 Å². The van der Waals surface area contributed by atoms with E-state index in [0.29, 0.717) is 0 Å².